The zero-order valence-electron chi connectivity index (χ0n) is 7.71. The van der Waals surface area contributed by atoms with Crippen LogP contribution >= 0.6 is 0 Å². The van der Waals surface area contributed by atoms with Gasteiger partial charge >= 0.3 is 0 Å². The molecule has 0 aromatic carbocycles. The highest BCUT2D eigenvalue weighted by Gasteiger charge is 2.17. The fourth-order valence-corrected chi connectivity index (χ4v) is 1.56. The summed E-state index contributed by atoms with van der Waals surface area (Å²) in [5.41, 5.74) is 0. The van der Waals surface area contributed by atoms with E-state index in [9.17, 15) is 0 Å². The van der Waals surface area contributed by atoms with Gasteiger partial charge < -0.3 is 10.4 Å². The van der Waals surface area contributed by atoms with Gasteiger partial charge in [-0.25, -0.2) is 0 Å². The van der Waals surface area contributed by atoms with E-state index in [0.717, 1.165) is 32.7 Å². The Morgan fingerprint density at radius 2 is 2.33 bits per heavy atom. The van der Waals surface area contributed by atoms with Gasteiger partial charge in [0, 0.05) is 26.2 Å². The molecule has 1 saturated heterocycles. The van der Waals surface area contributed by atoms with E-state index in [2.05, 4.69) is 22.5 Å². The normalized spacial score (nSPS) is 24.8. The van der Waals surface area contributed by atoms with Gasteiger partial charge in [-0.2, -0.15) is 0 Å². The second-order valence-electron chi connectivity index (χ2n) is 3.03. The van der Waals surface area contributed by atoms with Gasteiger partial charge in [0.2, 0.25) is 0 Å². The van der Waals surface area contributed by atoms with Gasteiger partial charge in [0.1, 0.15) is 0 Å². The number of nitrogens with one attached hydrogen (secondary N) is 2. The molecule has 0 aromatic heterocycles. The third-order valence-corrected chi connectivity index (χ3v) is 2.25. The number of likely N-dealkylation sites (N-methyl/N-ethyl adjacent to an activating group) is 1. The standard InChI is InChI=1S/C8H19N3O/c1-2-11(5-6-12)8-7-9-3-4-10-8/h8-10,12H,2-7H2,1H3. The minimum Gasteiger partial charge on any atom is -0.395 e. The van der Waals surface area contributed by atoms with Gasteiger partial charge in [-0.3, -0.25) is 10.2 Å². The molecule has 0 amide bonds. The lowest BCUT2D eigenvalue weighted by molar-refractivity contribution is 0.123. The summed E-state index contributed by atoms with van der Waals surface area (Å²) in [6.07, 6.45) is 0.399. The van der Waals surface area contributed by atoms with E-state index < -0.39 is 0 Å². The Bertz CT molecular complexity index is 112. The molecule has 1 rings (SSSR count). The molecule has 4 nitrogen and oxygen atoms in total. The molecule has 1 atom stereocenters. The van der Waals surface area contributed by atoms with Gasteiger partial charge in [-0.15, -0.1) is 0 Å². The van der Waals surface area contributed by atoms with Crippen LogP contribution in [0.1, 0.15) is 6.92 Å². The molecule has 1 fully saturated rings. The van der Waals surface area contributed by atoms with Crippen LogP contribution in [-0.2, 0) is 0 Å². The minimum absolute atomic E-state index is 0.242. The van der Waals surface area contributed by atoms with Crippen LogP contribution in [0.5, 0.6) is 0 Å². The van der Waals surface area contributed by atoms with Gasteiger partial charge in [-0.05, 0) is 6.54 Å². The van der Waals surface area contributed by atoms with Crippen molar-refractivity contribution in [2.75, 3.05) is 39.3 Å². The van der Waals surface area contributed by atoms with Crippen molar-refractivity contribution >= 4 is 0 Å². The molecule has 1 heterocycles. The molecule has 0 bridgehead atoms. The average molecular weight is 173 g/mol. The van der Waals surface area contributed by atoms with Gasteiger partial charge in [0.05, 0.1) is 12.8 Å². The van der Waals surface area contributed by atoms with E-state index in [1.165, 1.54) is 0 Å². The number of rotatable bonds is 4. The van der Waals surface area contributed by atoms with Gasteiger partial charge in [0.15, 0.2) is 0 Å². The van der Waals surface area contributed by atoms with Crippen molar-refractivity contribution in [2.45, 2.75) is 13.1 Å². The van der Waals surface area contributed by atoms with Crippen LogP contribution in [-0.4, -0.2) is 55.5 Å². The maximum atomic E-state index is 8.81. The zero-order valence-corrected chi connectivity index (χ0v) is 7.71. The summed E-state index contributed by atoms with van der Waals surface area (Å²) in [6, 6.07) is 0. The first-order valence-corrected chi connectivity index (χ1v) is 4.67. The fraction of sp³-hybridized carbons (Fsp3) is 1.00. The minimum atomic E-state index is 0.242. The number of aliphatic hydroxyl groups is 1. The predicted octanol–water partition coefficient (Wildman–Crippen LogP) is -1.18. The summed E-state index contributed by atoms with van der Waals surface area (Å²) < 4.78 is 0. The van der Waals surface area contributed by atoms with Crippen molar-refractivity contribution in [3.63, 3.8) is 0 Å². The van der Waals surface area contributed by atoms with E-state index in [1.54, 1.807) is 0 Å². The SMILES string of the molecule is CCN(CCO)C1CNCCN1. The van der Waals surface area contributed by atoms with E-state index in [1.807, 2.05) is 0 Å². The van der Waals surface area contributed by atoms with Crippen molar-refractivity contribution in [2.24, 2.45) is 0 Å². The third-order valence-electron chi connectivity index (χ3n) is 2.25. The summed E-state index contributed by atoms with van der Waals surface area (Å²) in [5.74, 6) is 0. The maximum absolute atomic E-state index is 8.81. The molecule has 1 unspecified atom stereocenters. The van der Waals surface area contributed by atoms with E-state index >= 15 is 0 Å². The van der Waals surface area contributed by atoms with Crippen LogP contribution in [0, 0.1) is 0 Å². The molecule has 72 valence electrons. The van der Waals surface area contributed by atoms with E-state index in [4.69, 9.17) is 5.11 Å². The highest BCUT2D eigenvalue weighted by atomic mass is 16.3. The van der Waals surface area contributed by atoms with E-state index in [-0.39, 0.29) is 6.61 Å². The lowest BCUT2D eigenvalue weighted by Crippen LogP contribution is -2.57. The average Bonchev–Trinajstić information content (AvgIpc) is 2.15. The Kier molecular flexibility index (Phi) is 4.53. The first-order valence-electron chi connectivity index (χ1n) is 4.67. The highest BCUT2D eigenvalue weighted by molar-refractivity contribution is 4.75. The molecule has 0 radical (unpaired) electrons. The van der Waals surface area contributed by atoms with Crippen LogP contribution in [0.25, 0.3) is 0 Å². The summed E-state index contributed by atoms with van der Waals surface area (Å²) >= 11 is 0. The number of nitrogens with zero attached hydrogens (tertiary/aromatic N) is 1. The zero-order chi connectivity index (χ0) is 8.81. The number of piperazine rings is 1. The molecule has 3 N–H and O–H groups in total. The van der Waals surface area contributed by atoms with Crippen LogP contribution in [0.4, 0.5) is 0 Å². The lowest BCUT2D eigenvalue weighted by atomic mass is 10.3. The summed E-state index contributed by atoms with van der Waals surface area (Å²) in [7, 11) is 0. The van der Waals surface area contributed by atoms with Crippen LogP contribution < -0.4 is 10.6 Å². The Morgan fingerprint density at radius 1 is 1.50 bits per heavy atom. The molecule has 0 aliphatic carbocycles. The fourth-order valence-electron chi connectivity index (χ4n) is 1.56. The molecule has 0 aromatic rings. The summed E-state index contributed by atoms with van der Waals surface area (Å²) in [6.45, 7) is 7.15. The van der Waals surface area contributed by atoms with E-state index in [0.29, 0.717) is 6.17 Å². The topological polar surface area (TPSA) is 47.5 Å². The van der Waals surface area contributed by atoms with Crippen molar-refractivity contribution in [3.8, 4) is 0 Å². The maximum Gasteiger partial charge on any atom is 0.0726 e. The highest BCUT2D eigenvalue weighted by Crippen LogP contribution is 1.96. The van der Waals surface area contributed by atoms with Gasteiger partial charge in [0.25, 0.3) is 0 Å². The summed E-state index contributed by atoms with van der Waals surface area (Å²) in [5, 5.41) is 15.5. The first-order chi connectivity index (χ1) is 5.88. The molecular formula is C8H19N3O. The smallest absolute Gasteiger partial charge is 0.0726 e. The predicted molar refractivity (Wildman–Crippen MR) is 49.0 cm³/mol. The van der Waals surface area contributed by atoms with Crippen LogP contribution in [0.3, 0.4) is 0 Å². The molecule has 0 spiro atoms. The lowest BCUT2D eigenvalue weighted by Gasteiger charge is -2.34. The third kappa shape index (κ3) is 2.71. The molecule has 1 aliphatic rings. The van der Waals surface area contributed by atoms with Crippen LogP contribution in [0.15, 0.2) is 0 Å². The monoisotopic (exact) mass is 173 g/mol. The molecule has 4 heteroatoms. The first kappa shape index (κ1) is 9.92. The number of aliphatic hydroxyl groups excluding tert-OH is 1. The quantitative estimate of drug-likeness (QED) is 0.501. The molecule has 0 saturated carbocycles. The number of hydrogen-bond donors (Lipinski definition) is 3. The second kappa shape index (κ2) is 5.48. The molecule has 1 aliphatic heterocycles. The van der Waals surface area contributed by atoms with Gasteiger partial charge in [-0.1, -0.05) is 6.92 Å². The Balaban J connectivity index is 2.29. The Hall–Kier alpha value is -0.160. The number of hydrogen-bond acceptors (Lipinski definition) is 4. The largest absolute Gasteiger partial charge is 0.395 e. The van der Waals surface area contributed by atoms with Crippen molar-refractivity contribution in [1.82, 2.24) is 15.5 Å². The molecular weight excluding hydrogens is 154 g/mol. The summed E-state index contributed by atoms with van der Waals surface area (Å²) in [4.78, 5) is 2.24. The van der Waals surface area contributed by atoms with Crippen molar-refractivity contribution in [3.05, 3.63) is 0 Å². The van der Waals surface area contributed by atoms with Crippen molar-refractivity contribution < 1.29 is 5.11 Å². The molecule has 12 heavy (non-hydrogen) atoms. The second-order valence-corrected chi connectivity index (χ2v) is 3.03. The van der Waals surface area contributed by atoms with Crippen molar-refractivity contribution in [1.29, 1.82) is 0 Å². The Morgan fingerprint density at radius 3 is 2.83 bits per heavy atom. The Labute approximate surface area is 73.9 Å². The van der Waals surface area contributed by atoms with Crippen LogP contribution in [0.2, 0.25) is 0 Å².